The number of ether oxygens (including phenoxy) is 1. The Morgan fingerprint density at radius 3 is 2.70 bits per heavy atom. The molecule has 0 aliphatic rings. The molecule has 0 bridgehead atoms. The predicted octanol–water partition coefficient (Wildman–Crippen LogP) is 3.45. The van der Waals surface area contributed by atoms with Crippen LogP contribution in [0, 0.1) is 9.81 Å². The van der Waals surface area contributed by atoms with E-state index in [0.717, 1.165) is 25.3 Å². The maximum Gasteiger partial charge on any atom is 0.122 e. The number of nitrogens with two attached hydrogens (primary N) is 1. The van der Waals surface area contributed by atoms with E-state index < -0.39 is 6.10 Å². The van der Waals surface area contributed by atoms with Crippen LogP contribution in [-0.2, 0) is 0 Å². The monoisotopic (exact) mass is 403 g/mol. The lowest BCUT2D eigenvalue weighted by Gasteiger charge is -2.23. The fourth-order valence-corrected chi connectivity index (χ4v) is 3.68. The van der Waals surface area contributed by atoms with E-state index in [-0.39, 0.29) is 5.92 Å². The topological polar surface area (TPSA) is 55.5 Å². The molecule has 1 aromatic carbocycles. The Hall–Kier alpha value is -0.630. The summed E-state index contributed by atoms with van der Waals surface area (Å²) in [6, 6.07) is 7.96. The highest BCUT2D eigenvalue weighted by Gasteiger charge is 2.25. The van der Waals surface area contributed by atoms with Crippen molar-refractivity contribution < 1.29 is 9.84 Å². The van der Waals surface area contributed by atoms with Gasteiger partial charge in [0.25, 0.3) is 0 Å². The average molecular weight is 403 g/mol. The molecule has 2 aromatic rings. The molecule has 0 radical (unpaired) electrons. The second kappa shape index (κ2) is 6.89. The average Bonchev–Trinajstić information content (AvgIpc) is 2.86. The zero-order valence-electron chi connectivity index (χ0n) is 11.5. The Bertz CT molecular complexity index is 585. The normalized spacial score (nSPS) is 14.1. The number of benzene rings is 1. The summed E-state index contributed by atoms with van der Waals surface area (Å²) in [7, 11) is 1.64. The summed E-state index contributed by atoms with van der Waals surface area (Å²) in [5.74, 6) is 0.602. The number of methoxy groups -OCH3 is 1. The molecule has 0 saturated carbocycles. The van der Waals surface area contributed by atoms with Crippen LogP contribution < -0.4 is 10.5 Å². The lowest BCUT2D eigenvalue weighted by Crippen LogP contribution is -2.20. The minimum absolute atomic E-state index is 0.171. The van der Waals surface area contributed by atoms with Crippen LogP contribution in [0.1, 0.15) is 28.7 Å². The van der Waals surface area contributed by atoms with Crippen molar-refractivity contribution in [2.75, 3.05) is 13.7 Å². The summed E-state index contributed by atoms with van der Waals surface area (Å²) in [4.78, 5) is 0. The smallest absolute Gasteiger partial charge is 0.122 e. The Morgan fingerprint density at radius 1 is 1.40 bits per heavy atom. The molecule has 3 N–H and O–H groups in total. The molecule has 108 valence electrons. The van der Waals surface area contributed by atoms with Crippen LogP contribution in [-0.4, -0.2) is 18.8 Å². The summed E-state index contributed by atoms with van der Waals surface area (Å²) >= 11 is 3.88. The lowest BCUT2D eigenvalue weighted by atomic mass is 9.89. The van der Waals surface area contributed by atoms with Crippen molar-refractivity contribution in [2.24, 2.45) is 5.73 Å². The fraction of sp³-hybridized carbons (Fsp3) is 0.333. The van der Waals surface area contributed by atoms with E-state index in [1.807, 2.05) is 36.6 Å². The van der Waals surface area contributed by atoms with Crippen molar-refractivity contribution in [1.29, 1.82) is 0 Å². The molecule has 0 amide bonds. The minimum atomic E-state index is -0.615. The lowest BCUT2D eigenvalue weighted by molar-refractivity contribution is 0.146. The van der Waals surface area contributed by atoms with Gasteiger partial charge in [-0.15, -0.1) is 11.3 Å². The molecular formula is C15H18INO2S. The van der Waals surface area contributed by atoms with Crippen LogP contribution in [0.4, 0.5) is 0 Å². The summed E-state index contributed by atoms with van der Waals surface area (Å²) in [6.07, 6.45) is -0.615. The predicted molar refractivity (Wildman–Crippen MR) is 91.5 cm³/mol. The minimum Gasteiger partial charge on any atom is -0.496 e. The summed E-state index contributed by atoms with van der Waals surface area (Å²) in [5.41, 5.74) is 8.92. The summed E-state index contributed by atoms with van der Waals surface area (Å²) < 4.78 is 6.56. The van der Waals surface area contributed by atoms with Gasteiger partial charge in [0, 0.05) is 18.0 Å². The quantitative estimate of drug-likeness (QED) is 0.753. The van der Waals surface area contributed by atoms with Crippen LogP contribution in [0.25, 0.3) is 0 Å². The van der Waals surface area contributed by atoms with Gasteiger partial charge in [0.1, 0.15) is 5.75 Å². The number of rotatable bonds is 5. The Balaban J connectivity index is 2.39. The van der Waals surface area contributed by atoms with Crippen molar-refractivity contribution >= 4 is 33.9 Å². The van der Waals surface area contributed by atoms with Gasteiger partial charge in [-0.05, 0) is 52.6 Å². The number of thiophene rings is 1. The first kappa shape index (κ1) is 15.8. The van der Waals surface area contributed by atoms with Crippen molar-refractivity contribution in [2.45, 2.75) is 18.9 Å². The highest BCUT2D eigenvalue weighted by molar-refractivity contribution is 14.1. The second-order valence-corrected chi connectivity index (χ2v) is 7.52. The maximum absolute atomic E-state index is 10.6. The Labute approximate surface area is 136 Å². The van der Waals surface area contributed by atoms with Crippen molar-refractivity contribution in [1.82, 2.24) is 0 Å². The van der Waals surface area contributed by atoms with Crippen LogP contribution in [0.15, 0.2) is 29.6 Å². The van der Waals surface area contributed by atoms with E-state index in [0.29, 0.717) is 6.54 Å². The van der Waals surface area contributed by atoms with Gasteiger partial charge in [-0.3, -0.25) is 0 Å². The van der Waals surface area contributed by atoms with E-state index in [9.17, 15) is 5.11 Å². The molecule has 0 spiro atoms. The van der Waals surface area contributed by atoms with Gasteiger partial charge in [0.15, 0.2) is 0 Å². The zero-order valence-corrected chi connectivity index (χ0v) is 14.4. The number of aliphatic hydroxyl groups is 1. The molecule has 5 heteroatoms. The number of halogens is 1. The summed E-state index contributed by atoms with van der Waals surface area (Å²) in [5, 5.41) is 12.6. The number of aliphatic hydroxyl groups excluding tert-OH is 1. The second-order valence-electron chi connectivity index (χ2n) is 4.72. The van der Waals surface area contributed by atoms with Gasteiger partial charge in [-0.25, -0.2) is 0 Å². The van der Waals surface area contributed by atoms with Crippen molar-refractivity contribution in [3.05, 3.63) is 49.2 Å². The largest absolute Gasteiger partial charge is 0.496 e. The first-order valence-electron chi connectivity index (χ1n) is 6.33. The standard InChI is InChI=1S/C15H18INO2S/c1-9-3-4-13(19-2)11(5-9)12(7-17)15(18)10-6-14(16)20-8-10/h3-6,8,12,15,18H,7,17H2,1-2H3. The van der Waals surface area contributed by atoms with Gasteiger partial charge in [-0.1, -0.05) is 17.7 Å². The van der Waals surface area contributed by atoms with Gasteiger partial charge >= 0.3 is 0 Å². The fourth-order valence-electron chi connectivity index (χ4n) is 2.28. The van der Waals surface area contributed by atoms with Crippen LogP contribution in [0.5, 0.6) is 5.75 Å². The van der Waals surface area contributed by atoms with Gasteiger partial charge in [-0.2, -0.15) is 0 Å². The number of aryl methyl sites for hydroxylation is 1. The molecule has 0 aliphatic heterocycles. The molecule has 3 nitrogen and oxygen atoms in total. The van der Waals surface area contributed by atoms with Crippen molar-refractivity contribution in [3.63, 3.8) is 0 Å². The molecule has 1 aromatic heterocycles. The Morgan fingerprint density at radius 2 is 2.15 bits per heavy atom. The first-order valence-corrected chi connectivity index (χ1v) is 8.29. The van der Waals surface area contributed by atoms with Gasteiger partial charge in [0.2, 0.25) is 0 Å². The molecular weight excluding hydrogens is 385 g/mol. The molecule has 2 unspecified atom stereocenters. The number of hydrogen-bond acceptors (Lipinski definition) is 4. The van der Waals surface area contributed by atoms with Crippen molar-refractivity contribution in [3.8, 4) is 5.75 Å². The highest BCUT2D eigenvalue weighted by atomic mass is 127. The van der Waals surface area contributed by atoms with E-state index >= 15 is 0 Å². The van der Waals surface area contributed by atoms with E-state index in [2.05, 4.69) is 22.6 Å². The Kier molecular flexibility index (Phi) is 5.42. The highest BCUT2D eigenvalue weighted by Crippen LogP contribution is 2.37. The van der Waals surface area contributed by atoms with Gasteiger partial charge < -0.3 is 15.6 Å². The molecule has 2 rings (SSSR count). The SMILES string of the molecule is COc1ccc(C)cc1C(CN)C(O)c1csc(I)c1. The van der Waals surface area contributed by atoms with E-state index in [1.54, 1.807) is 18.4 Å². The number of hydrogen-bond donors (Lipinski definition) is 2. The van der Waals surface area contributed by atoms with Crippen LogP contribution in [0.2, 0.25) is 0 Å². The molecule has 0 saturated heterocycles. The third kappa shape index (κ3) is 3.33. The van der Waals surface area contributed by atoms with E-state index in [1.165, 1.54) is 0 Å². The molecule has 1 heterocycles. The third-order valence-corrected chi connectivity index (χ3v) is 5.16. The molecule has 0 aliphatic carbocycles. The first-order chi connectivity index (χ1) is 9.56. The van der Waals surface area contributed by atoms with E-state index in [4.69, 9.17) is 10.5 Å². The van der Waals surface area contributed by atoms with Gasteiger partial charge in [0.05, 0.1) is 16.1 Å². The molecule has 0 fully saturated rings. The summed E-state index contributed by atoms with van der Waals surface area (Å²) in [6.45, 7) is 2.39. The maximum atomic E-state index is 10.6. The molecule has 2 atom stereocenters. The van der Waals surface area contributed by atoms with Crippen LogP contribution >= 0.6 is 33.9 Å². The zero-order chi connectivity index (χ0) is 14.7. The van der Waals surface area contributed by atoms with Crippen LogP contribution in [0.3, 0.4) is 0 Å². The molecule has 20 heavy (non-hydrogen) atoms. The third-order valence-electron chi connectivity index (χ3n) is 3.35.